The van der Waals surface area contributed by atoms with E-state index in [9.17, 15) is 0 Å². The Kier molecular flexibility index (Phi) is 3.38. The van der Waals surface area contributed by atoms with Crippen LogP contribution in [-0.4, -0.2) is 14.3 Å². The lowest BCUT2D eigenvalue weighted by Crippen LogP contribution is -1.88. The molecule has 0 radical (unpaired) electrons. The Morgan fingerprint density at radius 3 is 2.60 bits per heavy atom. The second-order valence-corrected chi connectivity index (χ2v) is 6.53. The Bertz CT molecular complexity index is 447. The Morgan fingerprint density at radius 2 is 2.07 bits per heavy atom. The molecule has 2 heterocycles. The molecule has 0 bridgehead atoms. The number of hydrogen-bond acceptors (Lipinski definition) is 6. The van der Waals surface area contributed by atoms with Crippen LogP contribution >= 0.6 is 34.6 Å². The van der Waals surface area contributed by atoms with E-state index in [1.54, 1.807) is 23.1 Å². The van der Waals surface area contributed by atoms with Gasteiger partial charge in [0, 0.05) is 17.0 Å². The second-order valence-electron chi connectivity index (χ2n) is 3.43. The summed E-state index contributed by atoms with van der Waals surface area (Å²) in [7, 11) is 0. The first-order chi connectivity index (χ1) is 7.15. The van der Waals surface area contributed by atoms with Gasteiger partial charge in [-0.05, 0) is 30.2 Å². The quantitative estimate of drug-likeness (QED) is 0.842. The van der Waals surface area contributed by atoms with Crippen molar-refractivity contribution in [2.24, 2.45) is 0 Å². The fourth-order valence-electron chi connectivity index (χ4n) is 0.950. The highest BCUT2D eigenvalue weighted by Gasteiger charge is 2.10. The van der Waals surface area contributed by atoms with Crippen LogP contribution in [0.2, 0.25) is 0 Å². The first-order valence-electron chi connectivity index (χ1n) is 4.58. The molecule has 0 fully saturated rings. The molecule has 0 unspecified atom stereocenters. The maximum Gasteiger partial charge on any atom is 0.177 e. The van der Waals surface area contributed by atoms with E-state index in [1.807, 2.05) is 12.3 Å². The summed E-state index contributed by atoms with van der Waals surface area (Å²) in [4.78, 5) is 8.83. The van der Waals surface area contributed by atoms with E-state index < -0.39 is 0 Å². The normalized spacial score (nSPS) is 11.2. The highest BCUT2D eigenvalue weighted by atomic mass is 32.2. The van der Waals surface area contributed by atoms with Crippen LogP contribution in [0.1, 0.15) is 31.3 Å². The number of aryl methyl sites for hydroxylation is 1. The number of rotatable bonds is 3. The van der Waals surface area contributed by atoms with Gasteiger partial charge in [0.1, 0.15) is 5.82 Å². The molecule has 6 heteroatoms. The number of nitrogens with zero attached hydrogens (tertiary/aromatic N) is 3. The third-order valence-electron chi connectivity index (χ3n) is 1.71. The fourth-order valence-corrected chi connectivity index (χ4v) is 3.74. The minimum Gasteiger partial charge on any atom is -0.235 e. The minimum absolute atomic E-state index is 0.397. The van der Waals surface area contributed by atoms with Gasteiger partial charge in [-0.25, -0.2) is 9.97 Å². The van der Waals surface area contributed by atoms with Gasteiger partial charge >= 0.3 is 0 Å². The molecule has 0 amide bonds. The number of aromatic nitrogens is 3. The van der Waals surface area contributed by atoms with Crippen molar-refractivity contribution >= 4 is 34.6 Å². The molecule has 0 saturated carbocycles. The molecular weight excluding hydrogens is 246 g/mol. The van der Waals surface area contributed by atoms with Crippen molar-refractivity contribution in [1.82, 2.24) is 14.3 Å². The van der Waals surface area contributed by atoms with E-state index in [2.05, 4.69) is 28.2 Å². The zero-order valence-corrected chi connectivity index (χ0v) is 11.2. The van der Waals surface area contributed by atoms with Crippen LogP contribution in [0.3, 0.4) is 0 Å². The van der Waals surface area contributed by atoms with Crippen LogP contribution in [0.5, 0.6) is 0 Å². The van der Waals surface area contributed by atoms with Crippen LogP contribution in [0.15, 0.2) is 14.1 Å². The van der Waals surface area contributed by atoms with Crippen molar-refractivity contribution in [2.75, 3.05) is 0 Å². The Balaban J connectivity index is 2.11. The summed E-state index contributed by atoms with van der Waals surface area (Å²) in [6.07, 6.45) is 0. The molecule has 2 aromatic heterocycles. The SMILES string of the molecule is Cc1csc(Sc2nc(C(C)C)ns2)n1. The van der Waals surface area contributed by atoms with Crippen LogP contribution < -0.4 is 0 Å². The molecule has 0 spiro atoms. The van der Waals surface area contributed by atoms with E-state index in [4.69, 9.17) is 0 Å². The van der Waals surface area contributed by atoms with Crippen molar-refractivity contribution in [2.45, 2.75) is 35.4 Å². The predicted molar refractivity (Wildman–Crippen MR) is 65.0 cm³/mol. The summed E-state index contributed by atoms with van der Waals surface area (Å²) in [5, 5.41) is 2.05. The van der Waals surface area contributed by atoms with Crippen LogP contribution in [0.4, 0.5) is 0 Å². The van der Waals surface area contributed by atoms with E-state index in [0.29, 0.717) is 5.92 Å². The third kappa shape index (κ3) is 2.76. The van der Waals surface area contributed by atoms with Crippen LogP contribution in [0, 0.1) is 6.92 Å². The predicted octanol–water partition coefficient (Wildman–Crippen LogP) is 3.58. The summed E-state index contributed by atoms with van der Waals surface area (Å²) in [5.74, 6) is 1.32. The van der Waals surface area contributed by atoms with E-state index in [0.717, 1.165) is 20.2 Å². The molecule has 80 valence electrons. The van der Waals surface area contributed by atoms with Crippen LogP contribution in [0.25, 0.3) is 0 Å². The summed E-state index contributed by atoms with van der Waals surface area (Å²) in [6, 6.07) is 0. The van der Waals surface area contributed by atoms with Crippen molar-refractivity contribution in [3.63, 3.8) is 0 Å². The molecule has 0 atom stereocenters. The fraction of sp³-hybridized carbons (Fsp3) is 0.444. The molecule has 0 aliphatic rings. The largest absolute Gasteiger partial charge is 0.235 e. The minimum atomic E-state index is 0.397. The molecule has 15 heavy (non-hydrogen) atoms. The molecule has 2 aromatic rings. The molecule has 0 N–H and O–H groups in total. The lowest BCUT2D eigenvalue weighted by Gasteiger charge is -1.94. The summed E-state index contributed by atoms with van der Waals surface area (Å²) in [6.45, 7) is 6.20. The Hall–Kier alpha value is -0.460. The van der Waals surface area contributed by atoms with Crippen LogP contribution in [-0.2, 0) is 0 Å². The zero-order valence-electron chi connectivity index (χ0n) is 8.72. The Morgan fingerprint density at radius 1 is 1.27 bits per heavy atom. The lowest BCUT2D eigenvalue weighted by atomic mass is 10.2. The highest BCUT2D eigenvalue weighted by Crippen LogP contribution is 2.32. The average molecular weight is 257 g/mol. The van der Waals surface area contributed by atoms with Gasteiger partial charge in [0.15, 0.2) is 8.68 Å². The standard InChI is InChI=1S/C9H11N3S3/c1-5(2)7-11-9(15-12-7)14-8-10-6(3)4-13-8/h4-5H,1-3H3. The highest BCUT2D eigenvalue weighted by molar-refractivity contribution is 8.02. The third-order valence-corrected chi connectivity index (χ3v) is 4.53. The molecule has 0 aliphatic heterocycles. The van der Waals surface area contributed by atoms with Gasteiger partial charge in [0.25, 0.3) is 0 Å². The summed E-state index contributed by atoms with van der Waals surface area (Å²) >= 11 is 4.70. The first-order valence-corrected chi connectivity index (χ1v) is 7.05. The smallest absolute Gasteiger partial charge is 0.177 e. The van der Waals surface area contributed by atoms with E-state index in [-0.39, 0.29) is 0 Å². The van der Waals surface area contributed by atoms with Gasteiger partial charge in [-0.2, -0.15) is 4.37 Å². The molecular formula is C9H11N3S3. The van der Waals surface area contributed by atoms with Crippen molar-refractivity contribution in [3.05, 3.63) is 16.9 Å². The zero-order chi connectivity index (χ0) is 10.8. The van der Waals surface area contributed by atoms with Gasteiger partial charge in [-0.15, -0.1) is 11.3 Å². The van der Waals surface area contributed by atoms with Crippen molar-refractivity contribution < 1.29 is 0 Å². The van der Waals surface area contributed by atoms with E-state index in [1.165, 1.54) is 11.5 Å². The topological polar surface area (TPSA) is 38.7 Å². The summed E-state index contributed by atoms with van der Waals surface area (Å²) in [5.41, 5.74) is 1.07. The van der Waals surface area contributed by atoms with Gasteiger partial charge < -0.3 is 0 Å². The van der Waals surface area contributed by atoms with Crippen molar-refractivity contribution in [1.29, 1.82) is 0 Å². The van der Waals surface area contributed by atoms with Gasteiger partial charge in [-0.1, -0.05) is 13.8 Å². The maximum absolute atomic E-state index is 4.45. The molecule has 0 aliphatic carbocycles. The molecule has 3 nitrogen and oxygen atoms in total. The first kappa shape index (κ1) is 11.0. The number of thiazole rings is 1. The Labute approximate surface area is 101 Å². The molecule has 0 saturated heterocycles. The summed E-state index contributed by atoms with van der Waals surface area (Å²) < 4.78 is 6.33. The van der Waals surface area contributed by atoms with E-state index >= 15 is 0 Å². The monoisotopic (exact) mass is 257 g/mol. The van der Waals surface area contributed by atoms with Crippen molar-refractivity contribution in [3.8, 4) is 0 Å². The second kappa shape index (κ2) is 4.59. The number of hydrogen-bond donors (Lipinski definition) is 0. The van der Waals surface area contributed by atoms with Gasteiger partial charge in [-0.3, -0.25) is 0 Å². The molecule has 0 aromatic carbocycles. The maximum atomic E-state index is 4.45. The van der Waals surface area contributed by atoms with Gasteiger partial charge in [0.05, 0.1) is 0 Å². The molecule has 2 rings (SSSR count). The van der Waals surface area contributed by atoms with Gasteiger partial charge in [0.2, 0.25) is 0 Å². The lowest BCUT2D eigenvalue weighted by molar-refractivity contribution is 0.789. The average Bonchev–Trinajstić information content (AvgIpc) is 2.76.